The van der Waals surface area contributed by atoms with Gasteiger partial charge in [-0.15, -0.1) is 21.9 Å². The van der Waals surface area contributed by atoms with Crippen LogP contribution in [0.2, 0.25) is 4.34 Å². The van der Waals surface area contributed by atoms with Crippen LogP contribution >= 0.6 is 34.7 Å². The second kappa shape index (κ2) is 6.28. The largest absolute Gasteiger partial charge is 0.296 e. The molecule has 1 saturated carbocycles. The van der Waals surface area contributed by atoms with E-state index in [-0.39, 0.29) is 11.8 Å². The number of aliphatic imine (C=N–C) groups is 1. The minimum absolute atomic E-state index is 0.210. The fourth-order valence-corrected chi connectivity index (χ4v) is 4.11. The van der Waals surface area contributed by atoms with Gasteiger partial charge in [0, 0.05) is 11.7 Å². The van der Waals surface area contributed by atoms with Gasteiger partial charge < -0.3 is 0 Å². The van der Waals surface area contributed by atoms with E-state index in [1.807, 2.05) is 11.4 Å². The summed E-state index contributed by atoms with van der Waals surface area (Å²) in [6.07, 6.45) is 4.40. The number of nitrogens with zero attached hydrogens (tertiary/aromatic N) is 3. The Bertz CT molecular complexity index is 576. The maximum absolute atomic E-state index is 12.0. The molecule has 20 heavy (non-hydrogen) atoms. The first-order valence-electron chi connectivity index (χ1n) is 6.49. The zero-order valence-corrected chi connectivity index (χ0v) is 13.1. The highest BCUT2D eigenvalue weighted by Crippen LogP contribution is 2.28. The van der Waals surface area contributed by atoms with Gasteiger partial charge in [0.1, 0.15) is 5.71 Å². The third-order valence-corrected chi connectivity index (χ3v) is 5.44. The molecular weight excluding hydrogens is 314 g/mol. The summed E-state index contributed by atoms with van der Waals surface area (Å²) in [5, 5.41) is 6.55. The lowest BCUT2D eigenvalue weighted by atomic mass is 10.0. The van der Waals surface area contributed by atoms with Gasteiger partial charge in [0.15, 0.2) is 0 Å². The van der Waals surface area contributed by atoms with Crippen LogP contribution < -0.4 is 5.43 Å². The third kappa shape index (κ3) is 3.24. The molecule has 1 aliphatic heterocycles. The number of thiophene rings is 1. The zero-order valence-electron chi connectivity index (χ0n) is 10.7. The molecule has 1 aromatic rings. The SMILES string of the molecule is O=C1N=C(SCc2csc(Cl)c2)[N]N=C1C1CCCC1. The van der Waals surface area contributed by atoms with Crippen molar-refractivity contribution in [2.75, 3.05) is 0 Å². The van der Waals surface area contributed by atoms with Crippen LogP contribution in [0.3, 0.4) is 0 Å². The summed E-state index contributed by atoms with van der Waals surface area (Å²) in [5.41, 5.74) is 5.74. The number of amidine groups is 1. The topological polar surface area (TPSA) is 55.9 Å². The molecule has 0 N–H and O–H groups in total. The molecule has 0 aromatic carbocycles. The van der Waals surface area contributed by atoms with Crippen molar-refractivity contribution in [3.63, 3.8) is 0 Å². The Morgan fingerprint density at radius 3 is 2.85 bits per heavy atom. The minimum atomic E-state index is -0.210. The molecule has 1 radical (unpaired) electrons. The van der Waals surface area contributed by atoms with Gasteiger partial charge in [0.25, 0.3) is 5.91 Å². The van der Waals surface area contributed by atoms with E-state index in [4.69, 9.17) is 11.6 Å². The number of rotatable bonds is 3. The van der Waals surface area contributed by atoms with Crippen LogP contribution in [-0.2, 0) is 10.5 Å². The predicted molar refractivity (Wildman–Crippen MR) is 84.6 cm³/mol. The second-order valence-electron chi connectivity index (χ2n) is 4.81. The molecule has 0 unspecified atom stereocenters. The number of hydrogen-bond acceptors (Lipinski definition) is 4. The van der Waals surface area contributed by atoms with Gasteiger partial charge in [-0.25, -0.2) is 0 Å². The number of halogens is 1. The monoisotopic (exact) mass is 326 g/mol. The van der Waals surface area contributed by atoms with E-state index in [0.717, 1.165) is 22.7 Å². The van der Waals surface area contributed by atoms with E-state index >= 15 is 0 Å². The molecular formula is C13H13ClN3OS2. The summed E-state index contributed by atoms with van der Waals surface area (Å²) in [7, 11) is 0. The lowest BCUT2D eigenvalue weighted by Gasteiger charge is -2.13. The molecule has 0 spiro atoms. The maximum Gasteiger partial charge on any atom is 0.296 e. The number of amides is 1. The molecule has 2 aliphatic rings. The van der Waals surface area contributed by atoms with E-state index in [9.17, 15) is 4.79 Å². The van der Waals surface area contributed by atoms with Crippen molar-refractivity contribution >= 4 is 51.5 Å². The number of carbonyl (C=O) groups is 1. The molecule has 1 aliphatic carbocycles. The van der Waals surface area contributed by atoms with Crippen LogP contribution in [-0.4, -0.2) is 16.8 Å². The third-order valence-electron chi connectivity index (χ3n) is 3.39. The smallest absolute Gasteiger partial charge is 0.265 e. The van der Waals surface area contributed by atoms with E-state index in [1.165, 1.54) is 35.9 Å². The zero-order chi connectivity index (χ0) is 13.9. The molecule has 4 nitrogen and oxygen atoms in total. The Morgan fingerprint density at radius 1 is 1.40 bits per heavy atom. The number of hydrogen-bond donors (Lipinski definition) is 0. The van der Waals surface area contributed by atoms with Crippen LogP contribution in [0.25, 0.3) is 0 Å². The minimum Gasteiger partial charge on any atom is -0.265 e. The quantitative estimate of drug-likeness (QED) is 0.850. The summed E-state index contributed by atoms with van der Waals surface area (Å²) in [5.74, 6) is 0.752. The van der Waals surface area contributed by atoms with Crippen molar-refractivity contribution in [1.82, 2.24) is 5.43 Å². The standard InChI is InChI=1S/C13H13ClN3OS2/c14-10-5-8(6-19-10)7-20-13-15-12(18)11(16-17-13)9-3-1-2-4-9/h5-6,9H,1-4,7H2. The van der Waals surface area contributed by atoms with E-state index in [0.29, 0.717) is 16.6 Å². The van der Waals surface area contributed by atoms with Crippen LogP contribution in [0, 0.1) is 5.92 Å². The molecule has 0 saturated heterocycles. The summed E-state index contributed by atoms with van der Waals surface area (Å²) in [4.78, 5) is 16.0. The highest BCUT2D eigenvalue weighted by atomic mass is 35.5. The summed E-state index contributed by atoms with van der Waals surface area (Å²) >= 11 is 8.79. The molecule has 7 heteroatoms. The molecule has 0 atom stereocenters. The van der Waals surface area contributed by atoms with Crippen molar-refractivity contribution < 1.29 is 4.79 Å². The summed E-state index contributed by atoms with van der Waals surface area (Å²) in [6.45, 7) is 0. The molecule has 3 rings (SSSR count). The first-order valence-corrected chi connectivity index (χ1v) is 8.74. The van der Waals surface area contributed by atoms with Crippen LogP contribution in [0.5, 0.6) is 0 Å². The van der Waals surface area contributed by atoms with Crippen LogP contribution in [0.15, 0.2) is 21.5 Å². The molecule has 2 heterocycles. The number of thioether (sulfide) groups is 1. The van der Waals surface area contributed by atoms with Gasteiger partial charge >= 0.3 is 0 Å². The van der Waals surface area contributed by atoms with Crippen molar-refractivity contribution in [1.29, 1.82) is 0 Å². The average Bonchev–Trinajstić information content (AvgIpc) is 3.08. The first kappa shape index (κ1) is 14.1. The molecule has 0 bridgehead atoms. The Kier molecular flexibility index (Phi) is 4.43. The number of carbonyl (C=O) groups excluding carboxylic acids is 1. The summed E-state index contributed by atoms with van der Waals surface area (Å²) in [6, 6.07) is 1.91. The Balaban J connectivity index is 1.57. The van der Waals surface area contributed by atoms with Crippen molar-refractivity contribution in [3.8, 4) is 0 Å². The fourth-order valence-electron chi connectivity index (χ4n) is 2.39. The fraction of sp³-hybridized carbons (Fsp3) is 0.462. The molecule has 1 aromatic heterocycles. The van der Waals surface area contributed by atoms with Gasteiger partial charge in [0.2, 0.25) is 5.17 Å². The van der Waals surface area contributed by atoms with Gasteiger partial charge in [0.05, 0.1) is 4.34 Å². The Hall–Kier alpha value is -0.850. The maximum atomic E-state index is 12.0. The van der Waals surface area contributed by atoms with E-state index < -0.39 is 0 Å². The Morgan fingerprint density at radius 2 is 2.20 bits per heavy atom. The highest BCUT2D eigenvalue weighted by molar-refractivity contribution is 8.13. The van der Waals surface area contributed by atoms with Crippen LogP contribution in [0.1, 0.15) is 31.2 Å². The van der Waals surface area contributed by atoms with Gasteiger partial charge in [-0.3, -0.25) is 4.79 Å². The highest BCUT2D eigenvalue weighted by Gasteiger charge is 2.29. The summed E-state index contributed by atoms with van der Waals surface area (Å²) < 4.78 is 0.765. The van der Waals surface area contributed by atoms with Gasteiger partial charge in [-0.1, -0.05) is 36.2 Å². The first-order chi connectivity index (χ1) is 9.72. The Labute approximate surface area is 130 Å². The van der Waals surface area contributed by atoms with Crippen molar-refractivity contribution in [2.24, 2.45) is 16.0 Å². The van der Waals surface area contributed by atoms with Crippen molar-refractivity contribution in [2.45, 2.75) is 31.4 Å². The molecule has 1 amide bonds. The van der Waals surface area contributed by atoms with Crippen molar-refractivity contribution in [3.05, 3.63) is 21.3 Å². The van der Waals surface area contributed by atoms with E-state index in [1.54, 1.807) is 0 Å². The molecule has 1 fully saturated rings. The molecule has 105 valence electrons. The van der Waals surface area contributed by atoms with Gasteiger partial charge in [-0.05, 0) is 29.9 Å². The van der Waals surface area contributed by atoms with Crippen LogP contribution in [0.4, 0.5) is 0 Å². The van der Waals surface area contributed by atoms with Gasteiger partial charge in [-0.2, -0.15) is 4.99 Å². The second-order valence-corrected chi connectivity index (χ2v) is 7.30. The van der Waals surface area contributed by atoms with E-state index in [2.05, 4.69) is 15.5 Å². The lowest BCUT2D eigenvalue weighted by molar-refractivity contribution is -0.112. The normalized spacial score (nSPS) is 19.8. The average molecular weight is 327 g/mol. The lowest BCUT2D eigenvalue weighted by Crippen LogP contribution is -2.29. The predicted octanol–water partition coefficient (Wildman–Crippen LogP) is 3.68.